The van der Waals surface area contributed by atoms with E-state index in [1.807, 2.05) is 0 Å². The van der Waals surface area contributed by atoms with Gasteiger partial charge in [-0.3, -0.25) is 9.59 Å². The Kier molecular flexibility index (Phi) is 3.28. The summed E-state index contributed by atoms with van der Waals surface area (Å²) >= 11 is 0. The normalized spacial score (nSPS) is 34.2. The van der Waals surface area contributed by atoms with E-state index in [0.29, 0.717) is 26.2 Å². The van der Waals surface area contributed by atoms with Crippen LogP contribution in [0.25, 0.3) is 0 Å². The topological polar surface area (TPSA) is 61.9 Å². The van der Waals surface area contributed by atoms with Crippen LogP contribution in [0.5, 0.6) is 0 Å². The van der Waals surface area contributed by atoms with E-state index in [1.54, 1.807) is 15.9 Å². The van der Waals surface area contributed by atoms with Crippen molar-refractivity contribution >= 4 is 11.8 Å². The molecule has 6 heteroatoms. The number of fused-ring (bicyclic) bond motifs is 2. The summed E-state index contributed by atoms with van der Waals surface area (Å²) in [5, 5.41) is 3.17. The summed E-state index contributed by atoms with van der Waals surface area (Å²) in [7, 11) is 0. The van der Waals surface area contributed by atoms with Crippen LogP contribution in [-0.2, 0) is 14.3 Å². The number of ether oxygens (including phenoxy) is 1. The second kappa shape index (κ2) is 4.94. The standard InChI is InChI=1S/C13H19N3O3/c1-2-7-19-10-3-5-16-11(10)13(18)15-6-4-14-8-9(15)12(16)17/h2,9-11,14H,1,3-8H2/t9-,10-,11+/m1/s1. The zero-order chi connectivity index (χ0) is 13.4. The van der Waals surface area contributed by atoms with Gasteiger partial charge in [-0.1, -0.05) is 6.08 Å². The molecule has 0 saturated carbocycles. The minimum absolute atomic E-state index is 0.0395. The van der Waals surface area contributed by atoms with E-state index in [2.05, 4.69) is 11.9 Å². The Morgan fingerprint density at radius 2 is 2.16 bits per heavy atom. The van der Waals surface area contributed by atoms with E-state index in [4.69, 9.17) is 4.74 Å². The highest BCUT2D eigenvalue weighted by molar-refractivity contribution is 5.98. The summed E-state index contributed by atoms with van der Waals surface area (Å²) in [5.41, 5.74) is 0. The second-order valence-electron chi connectivity index (χ2n) is 5.18. The van der Waals surface area contributed by atoms with E-state index in [1.165, 1.54) is 0 Å². The highest BCUT2D eigenvalue weighted by Crippen LogP contribution is 2.29. The van der Waals surface area contributed by atoms with Crippen LogP contribution >= 0.6 is 0 Å². The summed E-state index contributed by atoms with van der Waals surface area (Å²) in [6, 6.07) is -0.752. The van der Waals surface area contributed by atoms with Crippen molar-refractivity contribution in [2.45, 2.75) is 24.6 Å². The van der Waals surface area contributed by atoms with Gasteiger partial charge in [-0.25, -0.2) is 0 Å². The van der Waals surface area contributed by atoms with Crippen LogP contribution in [0.1, 0.15) is 6.42 Å². The first-order chi connectivity index (χ1) is 9.24. The third kappa shape index (κ3) is 1.95. The molecule has 0 bridgehead atoms. The van der Waals surface area contributed by atoms with Gasteiger partial charge in [-0.2, -0.15) is 0 Å². The number of carbonyl (C=O) groups excluding carboxylic acids is 2. The highest BCUT2D eigenvalue weighted by atomic mass is 16.5. The Morgan fingerprint density at radius 1 is 1.32 bits per heavy atom. The Hall–Kier alpha value is -1.40. The number of hydrogen-bond acceptors (Lipinski definition) is 4. The van der Waals surface area contributed by atoms with E-state index in [0.717, 1.165) is 13.0 Å². The zero-order valence-corrected chi connectivity index (χ0v) is 10.9. The minimum atomic E-state index is -0.429. The predicted molar refractivity (Wildman–Crippen MR) is 68.4 cm³/mol. The largest absolute Gasteiger partial charge is 0.371 e. The highest BCUT2D eigenvalue weighted by Gasteiger charge is 2.52. The maximum Gasteiger partial charge on any atom is 0.248 e. The van der Waals surface area contributed by atoms with Crippen LogP contribution < -0.4 is 5.32 Å². The van der Waals surface area contributed by atoms with Crippen LogP contribution in [0.15, 0.2) is 12.7 Å². The molecule has 3 heterocycles. The van der Waals surface area contributed by atoms with Crippen LogP contribution in [0.3, 0.4) is 0 Å². The average Bonchev–Trinajstić information content (AvgIpc) is 2.87. The van der Waals surface area contributed by atoms with Gasteiger partial charge < -0.3 is 19.9 Å². The molecule has 3 fully saturated rings. The van der Waals surface area contributed by atoms with Crippen molar-refractivity contribution in [3.63, 3.8) is 0 Å². The van der Waals surface area contributed by atoms with Gasteiger partial charge in [0.2, 0.25) is 11.8 Å². The number of amides is 2. The molecule has 1 N–H and O–H groups in total. The van der Waals surface area contributed by atoms with Crippen molar-refractivity contribution in [3.05, 3.63) is 12.7 Å². The van der Waals surface area contributed by atoms with E-state index in [9.17, 15) is 9.59 Å². The lowest BCUT2D eigenvalue weighted by atomic mass is 10.0. The Morgan fingerprint density at radius 3 is 2.95 bits per heavy atom. The van der Waals surface area contributed by atoms with Crippen LogP contribution in [0.2, 0.25) is 0 Å². The van der Waals surface area contributed by atoms with Gasteiger partial charge in [0.25, 0.3) is 0 Å². The molecule has 3 saturated heterocycles. The lowest BCUT2D eigenvalue weighted by Crippen LogP contribution is -2.69. The predicted octanol–water partition coefficient (Wildman–Crippen LogP) is -1.03. The summed E-state index contributed by atoms with van der Waals surface area (Å²) in [6.07, 6.45) is 2.21. The van der Waals surface area contributed by atoms with E-state index in [-0.39, 0.29) is 24.0 Å². The first kappa shape index (κ1) is 12.6. The molecule has 6 nitrogen and oxygen atoms in total. The monoisotopic (exact) mass is 265 g/mol. The molecule has 0 aromatic carbocycles. The van der Waals surface area contributed by atoms with Gasteiger partial charge in [0.05, 0.1) is 12.7 Å². The average molecular weight is 265 g/mol. The fourth-order valence-electron chi connectivity index (χ4n) is 3.22. The number of nitrogens with one attached hydrogen (secondary N) is 1. The number of hydrogen-bond donors (Lipinski definition) is 1. The third-order valence-electron chi connectivity index (χ3n) is 4.12. The fourth-order valence-corrected chi connectivity index (χ4v) is 3.22. The smallest absolute Gasteiger partial charge is 0.248 e. The van der Waals surface area contributed by atoms with Gasteiger partial charge in [0, 0.05) is 26.2 Å². The fraction of sp³-hybridized carbons (Fsp3) is 0.692. The molecule has 2 amide bonds. The van der Waals surface area contributed by atoms with Crippen molar-refractivity contribution in [1.29, 1.82) is 0 Å². The van der Waals surface area contributed by atoms with E-state index >= 15 is 0 Å². The maximum atomic E-state index is 12.6. The van der Waals surface area contributed by atoms with Crippen molar-refractivity contribution in [2.24, 2.45) is 0 Å². The van der Waals surface area contributed by atoms with Crippen LogP contribution in [-0.4, -0.2) is 72.6 Å². The number of rotatable bonds is 3. The second-order valence-corrected chi connectivity index (χ2v) is 5.18. The van der Waals surface area contributed by atoms with Crippen molar-refractivity contribution in [1.82, 2.24) is 15.1 Å². The molecular formula is C13H19N3O3. The SMILES string of the molecule is C=CCO[C@@H]1CCN2C(=O)[C@H]3CNCCN3C(=O)[C@H]12. The Labute approximate surface area is 112 Å². The number of piperazine rings is 2. The molecule has 0 aromatic rings. The molecule has 0 aromatic heterocycles. The summed E-state index contributed by atoms with van der Waals surface area (Å²) < 4.78 is 5.64. The quantitative estimate of drug-likeness (QED) is 0.663. The molecule has 3 aliphatic heterocycles. The lowest BCUT2D eigenvalue weighted by Gasteiger charge is -2.45. The molecular weight excluding hydrogens is 246 g/mol. The minimum Gasteiger partial charge on any atom is -0.371 e. The molecule has 0 radical (unpaired) electrons. The molecule has 3 rings (SSSR count). The maximum absolute atomic E-state index is 12.6. The van der Waals surface area contributed by atoms with Gasteiger partial charge in [0.15, 0.2) is 0 Å². The molecule has 0 aliphatic carbocycles. The number of carbonyl (C=O) groups is 2. The Bertz CT molecular complexity index is 412. The lowest BCUT2D eigenvalue weighted by molar-refractivity contribution is -0.164. The molecule has 3 atom stereocenters. The zero-order valence-electron chi connectivity index (χ0n) is 10.9. The van der Waals surface area contributed by atoms with E-state index < -0.39 is 6.04 Å². The van der Waals surface area contributed by atoms with Crippen LogP contribution in [0.4, 0.5) is 0 Å². The first-order valence-electron chi connectivity index (χ1n) is 6.78. The molecule has 104 valence electrons. The van der Waals surface area contributed by atoms with Gasteiger partial charge >= 0.3 is 0 Å². The molecule has 0 spiro atoms. The van der Waals surface area contributed by atoms with Crippen LogP contribution in [0, 0.1) is 0 Å². The van der Waals surface area contributed by atoms with Gasteiger partial charge in [0.1, 0.15) is 12.1 Å². The molecule has 19 heavy (non-hydrogen) atoms. The van der Waals surface area contributed by atoms with Crippen molar-refractivity contribution < 1.29 is 14.3 Å². The van der Waals surface area contributed by atoms with Gasteiger partial charge in [-0.05, 0) is 6.42 Å². The van der Waals surface area contributed by atoms with Crippen molar-refractivity contribution in [2.75, 3.05) is 32.8 Å². The van der Waals surface area contributed by atoms with Crippen molar-refractivity contribution in [3.8, 4) is 0 Å². The van der Waals surface area contributed by atoms with Gasteiger partial charge in [-0.15, -0.1) is 6.58 Å². The molecule has 3 aliphatic rings. The Balaban J connectivity index is 1.82. The first-order valence-corrected chi connectivity index (χ1v) is 6.78. The summed E-state index contributed by atoms with van der Waals surface area (Å²) in [4.78, 5) is 28.4. The summed E-state index contributed by atoms with van der Waals surface area (Å²) in [5.74, 6) is 0.0964. The third-order valence-corrected chi connectivity index (χ3v) is 4.12. The molecule has 0 unspecified atom stereocenters. The summed E-state index contributed by atoms with van der Waals surface area (Å²) in [6.45, 7) is 6.56. The number of nitrogens with zero attached hydrogens (tertiary/aromatic N) is 2.